The fourth-order valence-electron chi connectivity index (χ4n) is 5.29. The second-order valence-corrected chi connectivity index (χ2v) is 13.4. The molecule has 37 heavy (non-hydrogen) atoms. The number of hydrogen-bond donors (Lipinski definition) is 0. The number of piperazine rings is 1. The van der Waals surface area contributed by atoms with Crippen LogP contribution in [-0.2, 0) is 20.0 Å². The average molecular weight is 565 g/mol. The second-order valence-electron chi connectivity index (χ2n) is 9.47. The van der Waals surface area contributed by atoms with Gasteiger partial charge in [0.05, 0.1) is 10.6 Å². The van der Waals surface area contributed by atoms with Crippen molar-refractivity contribution in [3.8, 4) is 0 Å². The predicted molar refractivity (Wildman–Crippen MR) is 149 cm³/mol. The molecule has 5 rings (SSSR count). The lowest BCUT2D eigenvalue weighted by atomic mass is 10.1. The van der Waals surface area contributed by atoms with Gasteiger partial charge in [-0.3, -0.25) is 4.98 Å². The van der Waals surface area contributed by atoms with Crippen LogP contribution in [-0.4, -0.2) is 74.9 Å². The van der Waals surface area contributed by atoms with Gasteiger partial charge in [0.25, 0.3) is 0 Å². The third-order valence-corrected chi connectivity index (χ3v) is 11.2. The molecule has 11 heteroatoms. The van der Waals surface area contributed by atoms with Gasteiger partial charge in [-0.1, -0.05) is 30.3 Å². The molecule has 3 heterocycles. The molecule has 1 atom stereocenters. The van der Waals surface area contributed by atoms with Crippen LogP contribution in [0.25, 0.3) is 10.8 Å². The van der Waals surface area contributed by atoms with Crippen molar-refractivity contribution in [3.05, 3.63) is 67.0 Å². The summed E-state index contributed by atoms with van der Waals surface area (Å²) in [6.07, 6.45) is 6.03. The number of fused-ring (bicyclic) bond motifs is 1. The summed E-state index contributed by atoms with van der Waals surface area (Å²) in [5, 5.41) is 1.89. The lowest BCUT2D eigenvalue weighted by molar-refractivity contribution is 0.363. The topological polar surface area (TPSA) is 90.9 Å². The van der Waals surface area contributed by atoms with Gasteiger partial charge in [0.2, 0.25) is 20.0 Å². The minimum Gasteiger partial charge on any atom is -0.369 e. The summed E-state index contributed by atoms with van der Waals surface area (Å²) in [4.78, 5) is 6.50. The molecule has 2 aliphatic heterocycles. The van der Waals surface area contributed by atoms with Crippen molar-refractivity contribution in [2.24, 2.45) is 0 Å². The molecule has 0 spiro atoms. The summed E-state index contributed by atoms with van der Waals surface area (Å²) in [6.45, 7) is 2.67. The molecule has 200 valence electrons. The Bertz CT molecular complexity index is 1410. The summed E-state index contributed by atoms with van der Waals surface area (Å²) < 4.78 is 56.0. The molecule has 8 nitrogen and oxygen atoms in total. The van der Waals surface area contributed by atoms with Crippen molar-refractivity contribution in [3.63, 3.8) is 0 Å². The molecule has 0 radical (unpaired) electrons. The van der Waals surface area contributed by atoms with Gasteiger partial charge in [-0.25, -0.2) is 16.8 Å². The Morgan fingerprint density at radius 3 is 2.27 bits per heavy atom. The van der Waals surface area contributed by atoms with Gasteiger partial charge in [-0.05, 0) is 60.7 Å². The van der Waals surface area contributed by atoms with Crippen molar-refractivity contribution in [2.45, 2.75) is 36.6 Å². The maximum atomic E-state index is 13.4. The van der Waals surface area contributed by atoms with Gasteiger partial charge >= 0.3 is 0 Å². The van der Waals surface area contributed by atoms with Gasteiger partial charge in [0.15, 0.2) is 0 Å². The zero-order valence-corrected chi connectivity index (χ0v) is 23.1. The molecule has 0 unspecified atom stereocenters. The molecular formula is C26H33ClN4O4S2. The first-order valence-electron chi connectivity index (χ1n) is 12.5. The molecule has 0 amide bonds. The Balaban J connectivity index is 0.00000320. The van der Waals surface area contributed by atoms with Crippen LogP contribution in [0.2, 0.25) is 0 Å². The van der Waals surface area contributed by atoms with Crippen LogP contribution in [0.5, 0.6) is 0 Å². The lowest BCUT2D eigenvalue weighted by Gasteiger charge is -2.35. The van der Waals surface area contributed by atoms with Gasteiger partial charge in [0.1, 0.15) is 0 Å². The van der Waals surface area contributed by atoms with Crippen LogP contribution in [0, 0.1) is 0 Å². The number of anilines is 1. The molecule has 0 bridgehead atoms. The lowest BCUT2D eigenvalue weighted by Crippen LogP contribution is -2.49. The Kier molecular flexibility index (Phi) is 8.75. The standard InChI is InChI=1S/C26H32N4O4S2.ClH/c31-35(32,29-18-16-28(17-19-29)24-11-13-27-14-12-24)20-4-8-25-7-3-15-30(25)36(33,34)26-10-9-22-5-1-2-6-23(22)21-26;/h1-2,5-6,9-14,21,25H,3-4,7-8,15-20H2;1H/t25-;/m1./s1. The second kappa shape index (κ2) is 11.7. The minimum atomic E-state index is -3.63. The number of aromatic nitrogens is 1. The van der Waals surface area contributed by atoms with Gasteiger partial charge in [-0.15, -0.1) is 12.4 Å². The fourth-order valence-corrected chi connectivity index (χ4v) is 8.56. The van der Waals surface area contributed by atoms with E-state index in [1.807, 2.05) is 42.5 Å². The van der Waals surface area contributed by atoms with Crippen molar-refractivity contribution in [2.75, 3.05) is 43.4 Å². The number of benzene rings is 2. The van der Waals surface area contributed by atoms with E-state index in [0.717, 1.165) is 29.3 Å². The quantitative estimate of drug-likeness (QED) is 0.414. The Morgan fingerprint density at radius 2 is 1.54 bits per heavy atom. The van der Waals surface area contributed by atoms with E-state index >= 15 is 0 Å². The van der Waals surface area contributed by atoms with Crippen LogP contribution < -0.4 is 4.90 Å². The molecule has 1 aromatic heterocycles. The Hall–Kier alpha value is -2.24. The van der Waals surface area contributed by atoms with E-state index in [0.29, 0.717) is 50.5 Å². The number of hydrogen-bond acceptors (Lipinski definition) is 6. The van der Waals surface area contributed by atoms with E-state index in [4.69, 9.17) is 0 Å². The molecule has 2 aliphatic rings. The van der Waals surface area contributed by atoms with E-state index in [1.165, 1.54) is 0 Å². The fraction of sp³-hybridized carbons (Fsp3) is 0.423. The average Bonchev–Trinajstić information content (AvgIpc) is 3.38. The van der Waals surface area contributed by atoms with Crippen LogP contribution in [0.15, 0.2) is 71.9 Å². The number of rotatable bonds is 8. The zero-order valence-electron chi connectivity index (χ0n) is 20.6. The summed E-state index contributed by atoms with van der Waals surface area (Å²) >= 11 is 0. The smallest absolute Gasteiger partial charge is 0.243 e. The largest absolute Gasteiger partial charge is 0.369 e. The monoisotopic (exact) mass is 564 g/mol. The molecule has 3 aromatic rings. The maximum absolute atomic E-state index is 13.4. The van der Waals surface area contributed by atoms with Crippen LogP contribution >= 0.6 is 12.4 Å². The normalized spacial score (nSPS) is 19.7. The SMILES string of the molecule is Cl.O=S(=O)(CCC[C@H]1CCCN1S(=O)(=O)c1ccc2ccccc2c1)N1CCN(c2ccncc2)CC1. The molecule has 0 aliphatic carbocycles. The minimum absolute atomic E-state index is 0. The summed E-state index contributed by atoms with van der Waals surface area (Å²) in [5.41, 5.74) is 1.05. The molecule has 2 aromatic carbocycles. The number of pyridine rings is 1. The highest BCUT2D eigenvalue weighted by Gasteiger charge is 2.35. The third kappa shape index (κ3) is 6.09. The highest BCUT2D eigenvalue weighted by molar-refractivity contribution is 7.89. The molecule has 2 saturated heterocycles. The first kappa shape index (κ1) is 27.8. The van der Waals surface area contributed by atoms with E-state index in [-0.39, 0.29) is 24.2 Å². The third-order valence-electron chi connectivity index (χ3n) is 7.25. The highest BCUT2D eigenvalue weighted by atomic mass is 35.5. The van der Waals surface area contributed by atoms with Crippen LogP contribution in [0.4, 0.5) is 5.69 Å². The maximum Gasteiger partial charge on any atom is 0.243 e. The predicted octanol–water partition coefficient (Wildman–Crippen LogP) is 3.74. The van der Waals surface area contributed by atoms with Crippen molar-refractivity contribution in [1.82, 2.24) is 13.6 Å². The summed E-state index contributed by atoms with van der Waals surface area (Å²) in [7, 11) is -7.02. The van der Waals surface area contributed by atoms with Gasteiger partial charge in [-0.2, -0.15) is 8.61 Å². The van der Waals surface area contributed by atoms with Crippen molar-refractivity contribution >= 4 is 48.9 Å². The van der Waals surface area contributed by atoms with Crippen LogP contribution in [0.3, 0.4) is 0 Å². The molecule has 2 fully saturated rings. The van der Waals surface area contributed by atoms with Gasteiger partial charge in [0, 0.05) is 56.8 Å². The first-order valence-corrected chi connectivity index (χ1v) is 15.5. The van der Waals surface area contributed by atoms with E-state index in [9.17, 15) is 16.8 Å². The molecular weight excluding hydrogens is 532 g/mol. The number of sulfonamides is 2. The highest BCUT2D eigenvalue weighted by Crippen LogP contribution is 2.30. The number of nitrogens with zero attached hydrogens (tertiary/aromatic N) is 4. The summed E-state index contributed by atoms with van der Waals surface area (Å²) in [6, 6.07) is 16.7. The number of halogens is 1. The van der Waals surface area contributed by atoms with E-state index < -0.39 is 20.0 Å². The van der Waals surface area contributed by atoms with E-state index in [1.54, 1.807) is 33.1 Å². The van der Waals surface area contributed by atoms with Crippen molar-refractivity contribution in [1.29, 1.82) is 0 Å². The van der Waals surface area contributed by atoms with E-state index in [2.05, 4.69) is 9.88 Å². The zero-order chi connectivity index (χ0) is 25.2. The Morgan fingerprint density at radius 1 is 0.838 bits per heavy atom. The Labute approximate surface area is 225 Å². The molecule has 0 N–H and O–H groups in total. The van der Waals surface area contributed by atoms with Crippen LogP contribution in [0.1, 0.15) is 25.7 Å². The van der Waals surface area contributed by atoms with Crippen molar-refractivity contribution < 1.29 is 16.8 Å². The van der Waals surface area contributed by atoms with Gasteiger partial charge < -0.3 is 4.90 Å². The molecule has 0 saturated carbocycles. The summed E-state index contributed by atoms with van der Waals surface area (Å²) in [5.74, 6) is 0.0443. The first-order chi connectivity index (χ1) is 17.3.